The summed E-state index contributed by atoms with van der Waals surface area (Å²) in [5.41, 5.74) is -0.860. The lowest BCUT2D eigenvalue weighted by Crippen LogP contribution is -2.42. The lowest BCUT2D eigenvalue weighted by atomic mass is 9.82. The van der Waals surface area contributed by atoms with Gasteiger partial charge in [0.1, 0.15) is 5.41 Å². The number of carbonyl (C=O) groups excluding carboxylic acids is 1. The van der Waals surface area contributed by atoms with Crippen molar-refractivity contribution in [1.29, 1.82) is 5.26 Å². The van der Waals surface area contributed by atoms with Crippen LogP contribution in [0, 0.1) is 16.7 Å². The second kappa shape index (κ2) is 7.24. The van der Waals surface area contributed by atoms with Crippen molar-refractivity contribution in [3.05, 3.63) is 0 Å². The van der Waals surface area contributed by atoms with Crippen LogP contribution < -0.4 is 0 Å². The minimum atomic E-state index is -0.860. The number of nitriles is 1. The first-order chi connectivity index (χ1) is 7.57. The molecular formula is C12H22N2O2. The third kappa shape index (κ3) is 3.49. The summed E-state index contributed by atoms with van der Waals surface area (Å²) in [7, 11) is 1.72. The quantitative estimate of drug-likeness (QED) is 0.622. The Balaban J connectivity index is 4.45. The van der Waals surface area contributed by atoms with Crippen molar-refractivity contribution in [2.24, 2.45) is 5.41 Å². The van der Waals surface area contributed by atoms with E-state index in [1.807, 2.05) is 20.8 Å². The fraction of sp³-hybridized carbons (Fsp3) is 0.833. The van der Waals surface area contributed by atoms with Gasteiger partial charge in [0.05, 0.1) is 12.7 Å². The van der Waals surface area contributed by atoms with Crippen LogP contribution in [-0.2, 0) is 9.53 Å². The van der Waals surface area contributed by atoms with Crippen LogP contribution in [-0.4, -0.2) is 37.6 Å². The summed E-state index contributed by atoms with van der Waals surface area (Å²) in [5, 5.41) is 9.14. The average Bonchev–Trinajstić information content (AvgIpc) is 2.32. The number of nitrogens with zero attached hydrogens (tertiary/aromatic N) is 2. The molecule has 4 nitrogen and oxygen atoms in total. The molecule has 16 heavy (non-hydrogen) atoms. The molecule has 0 rings (SSSR count). The number of ether oxygens (including phenoxy) is 1. The Morgan fingerprint density at radius 1 is 1.38 bits per heavy atom. The van der Waals surface area contributed by atoms with Crippen molar-refractivity contribution >= 4 is 5.91 Å². The second-order valence-electron chi connectivity index (χ2n) is 3.82. The zero-order chi connectivity index (χ0) is 12.6. The first kappa shape index (κ1) is 14.9. The third-order valence-corrected chi connectivity index (χ3v) is 2.95. The zero-order valence-corrected chi connectivity index (χ0v) is 10.7. The molecule has 0 atom stereocenters. The molecule has 0 aromatic carbocycles. The minimum absolute atomic E-state index is 0.0975. The van der Waals surface area contributed by atoms with Crippen LogP contribution in [0.1, 0.15) is 33.6 Å². The van der Waals surface area contributed by atoms with E-state index in [1.165, 1.54) is 0 Å². The standard InChI is InChI=1S/C12H22N2O2/c1-5-12(6-2,10-13)11(15)14(4)8-9-16-7-3/h5-9H2,1-4H3. The molecule has 0 aliphatic carbocycles. The third-order valence-electron chi connectivity index (χ3n) is 2.95. The molecule has 0 bridgehead atoms. The van der Waals surface area contributed by atoms with Gasteiger partial charge in [0, 0.05) is 20.2 Å². The van der Waals surface area contributed by atoms with Gasteiger partial charge in [-0.05, 0) is 19.8 Å². The number of likely N-dealkylation sites (N-methyl/N-ethyl adjacent to an activating group) is 1. The van der Waals surface area contributed by atoms with E-state index < -0.39 is 5.41 Å². The highest BCUT2D eigenvalue weighted by Crippen LogP contribution is 2.27. The molecule has 0 saturated carbocycles. The topological polar surface area (TPSA) is 53.3 Å². The average molecular weight is 226 g/mol. The molecular weight excluding hydrogens is 204 g/mol. The van der Waals surface area contributed by atoms with Crippen LogP contribution in [0.2, 0.25) is 0 Å². The van der Waals surface area contributed by atoms with Gasteiger partial charge in [0.15, 0.2) is 0 Å². The van der Waals surface area contributed by atoms with Gasteiger partial charge in [-0.1, -0.05) is 13.8 Å². The Kier molecular flexibility index (Phi) is 6.75. The summed E-state index contributed by atoms with van der Waals surface area (Å²) >= 11 is 0. The summed E-state index contributed by atoms with van der Waals surface area (Å²) in [4.78, 5) is 13.7. The highest BCUT2D eigenvalue weighted by atomic mass is 16.5. The maximum absolute atomic E-state index is 12.1. The van der Waals surface area contributed by atoms with Gasteiger partial charge in [-0.3, -0.25) is 4.79 Å². The monoisotopic (exact) mass is 226 g/mol. The molecule has 0 N–H and O–H groups in total. The first-order valence-electron chi connectivity index (χ1n) is 5.82. The van der Waals surface area contributed by atoms with Crippen molar-refractivity contribution < 1.29 is 9.53 Å². The molecule has 4 heteroatoms. The second-order valence-corrected chi connectivity index (χ2v) is 3.82. The van der Waals surface area contributed by atoms with E-state index in [9.17, 15) is 4.79 Å². The molecule has 0 aromatic heterocycles. The van der Waals surface area contributed by atoms with E-state index in [0.717, 1.165) is 0 Å². The number of amides is 1. The van der Waals surface area contributed by atoms with Crippen molar-refractivity contribution in [3.63, 3.8) is 0 Å². The van der Waals surface area contributed by atoms with E-state index >= 15 is 0 Å². The van der Waals surface area contributed by atoms with Gasteiger partial charge in [-0.25, -0.2) is 0 Å². The molecule has 0 aliphatic heterocycles. The molecule has 0 aliphatic rings. The number of rotatable bonds is 7. The van der Waals surface area contributed by atoms with Crippen LogP contribution >= 0.6 is 0 Å². The molecule has 0 radical (unpaired) electrons. The SMILES string of the molecule is CCOCCN(C)C(=O)C(C#N)(CC)CC. The molecule has 0 heterocycles. The van der Waals surface area contributed by atoms with Gasteiger partial charge in [0.2, 0.25) is 5.91 Å². The number of carbonyl (C=O) groups is 1. The highest BCUT2D eigenvalue weighted by Gasteiger charge is 2.36. The molecule has 0 fully saturated rings. The predicted octanol–water partition coefficient (Wildman–Crippen LogP) is 1.81. The Bertz CT molecular complexity index is 254. The van der Waals surface area contributed by atoms with E-state index in [-0.39, 0.29) is 5.91 Å². The predicted molar refractivity (Wildman–Crippen MR) is 62.8 cm³/mol. The van der Waals surface area contributed by atoms with Crippen molar-refractivity contribution in [3.8, 4) is 6.07 Å². The molecule has 92 valence electrons. The molecule has 0 spiro atoms. The summed E-state index contributed by atoms with van der Waals surface area (Å²) < 4.78 is 5.19. The van der Waals surface area contributed by atoms with Crippen LogP contribution in [0.25, 0.3) is 0 Å². The Hall–Kier alpha value is -1.08. The maximum atomic E-state index is 12.1. The van der Waals surface area contributed by atoms with Gasteiger partial charge in [-0.15, -0.1) is 0 Å². The maximum Gasteiger partial charge on any atom is 0.242 e. The van der Waals surface area contributed by atoms with Crippen LogP contribution in [0.5, 0.6) is 0 Å². The van der Waals surface area contributed by atoms with Crippen molar-refractivity contribution in [2.45, 2.75) is 33.6 Å². The normalized spacial score (nSPS) is 10.9. The zero-order valence-electron chi connectivity index (χ0n) is 10.7. The molecule has 0 unspecified atom stereocenters. The molecule has 1 amide bonds. The molecule has 0 saturated heterocycles. The summed E-state index contributed by atoms with van der Waals surface area (Å²) in [5.74, 6) is -0.0975. The van der Waals surface area contributed by atoms with Gasteiger partial charge >= 0.3 is 0 Å². The summed E-state index contributed by atoms with van der Waals surface area (Å²) in [6.45, 7) is 7.37. The van der Waals surface area contributed by atoms with E-state index in [1.54, 1.807) is 11.9 Å². The summed E-state index contributed by atoms with van der Waals surface area (Å²) in [6, 6.07) is 2.15. The fourth-order valence-electron chi connectivity index (χ4n) is 1.57. The van der Waals surface area contributed by atoms with Crippen LogP contribution in [0.4, 0.5) is 0 Å². The van der Waals surface area contributed by atoms with E-state index in [4.69, 9.17) is 10.00 Å². The highest BCUT2D eigenvalue weighted by molar-refractivity contribution is 5.85. The number of hydrogen-bond acceptors (Lipinski definition) is 3. The molecule has 0 aromatic rings. The minimum Gasteiger partial charge on any atom is -0.380 e. The van der Waals surface area contributed by atoms with Crippen molar-refractivity contribution in [2.75, 3.05) is 26.8 Å². The van der Waals surface area contributed by atoms with E-state index in [2.05, 4.69) is 6.07 Å². The largest absolute Gasteiger partial charge is 0.380 e. The van der Waals surface area contributed by atoms with Gasteiger partial charge in [-0.2, -0.15) is 5.26 Å². The Morgan fingerprint density at radius 2 is 1.94 bits per heavy atom. The lowest BCUT2D eigenvalue weighted by molar-refractivity contribution is -0.138. The van der Waals surface area contributed by atoms with Gasteiger partial charge in [0.25, 0.3) is 0 Å². The van der Waals surface area contributed by atoms with Crippen molar-refractivity contribution in [1.82, 2.24) is 4.90 Å². The lowest BCUT2D eigenvalue weighted by Gasteiger charge is -2.28. The van der Waals surface area contributed by atoms with Crippen LogP contribution in [0.15, 0.2) is 0 Å². The first-order valence-corrected chi connectivity index (χ1v) is 5.82. The van der Waals surface area contributed by atoms with Gasteiger partial charge < -0.3 is 9.64 Å². The smallest absolute Gasteiger partial charge is 0.242 e. The Labute approximate surface area is 98.2 Å². The van der Waals surface area contributed by atoms with E-state index in [0.29, 0.717) is 32.6 Å². The fourth-order valence-corrected chi connectivity index (χ4v) is 1.57. The van der Waals surface area contributed by atoms with Crippen LogP contribution in [0.3, 0.4) is 0 Å². The Morgan fingerprint density at radius 3 is 2.31 bits per heavy atom. The summed E-state index contributed by atoms with van der Waals surface area (Å²) in [6.07, 6.45) is 1.11. The number of hydrogen-bond donors (Lipinski definition) is 0.